The average molecular weight is 515 g/mol. The maximum absolute atomic E-state index is 12.5. The summed E-state index contributed by atoms with van der Waals surface area (Å²) in [4.78, 5) is 12.5. The molecule has 0 saturated heterocycles. The molecule has 8 heteroatoms. The number of halogens is 2. The Labute approximate surface area is 211 Å². The fraction of sp³-hybridized carbons (Fsp3) is 0.231. The molecular weight excluding hydrogens is 491 g/mol. The molecule has 0 atom stereocenters. The monoisotopic (exact) mass is 514 g/mol. The number of carbonyl (C=O) groups is 1. The summed E-state index contributed by atoms with van der Waals surface area (Å²) in [6, 6.07) is 18.0. The number of benzene rings is 3. The fourth-order valence-electron chi connectivity index (χ4n) is 3.68. The molecule has 0 aliphatic rings. The predicted octanol–water partition coefficient (Wildman–Crippen LogP) is 6.02. The van der Waals surface area contributed by atoms with Crippen LogP contribution in [0.2, 0.25) is 10.0 Å². The molecule has 0 aliphatic carbocycles. The minimum Gasteiger partial charge on any atom is -0.326 e. The van der Waals surface area contributed by atoms with E-state index in [0.29, 0.717) is 38.3 Å². The topological polar surface area (TPSA) is 87.0 Å². The molecule has 3 aromatic rings. The summed E-state index contributed by atoms with van der Waals surface area (Å²) >= 11 is 13.0. The van der Waals surface area contributed by atoms with Crippen LogP contribution in [0.5, 0.6) is 0 Å². The van der Waals surface area contributed by atoms with Crippen molar-refractivity contribution < 1.29 is 13.2 Å². The molecule has 0 bridgehead atoms. The summed E-state index contributed by atoms with van der Waals surface area (Å²) in [5.74, 6) is 0.142. The van der Waals surface area contributed by atoms with Crippen LogP contribution in [0.1, 0.15) is 36.1 Å². The fourth-order valence-corrected chi connectivity index (χ4v) is 4.89. The number of thiol groups is 1. The second-order valence-corrected chi connectivity index (χ2v) is 10.2. The minimum absolute atomic E-state index is 0.0263. The van der Waals surface area contributed by atoms with E-state index in [1.165, 1.54) is 0 Å². The lowest BCUT2D eigenvalue weighted by molar-refractivity contribution is -0.115. The van der Waals surface area contributed by atoms with Gasteiger partial charge in [0.1, 0.15) is 10.7 Å². The third-order valence-corrected chi connectivity index (χ3v) is 6.39. The quantitative estimate of drug-likeness (QED) is 0.359. The molecule has 176 valence electrons. The van der Waals surface area contributed by atoms with Crippen LogP contribution in [-0.2, 0) is 34.1 Å². The lowest BCUT2D eigenvalue weighted by Gasteiger charge is -2.14. The molecule has 0 spiro atoms. The van der Waals surface area contributed by atoms with Crippen LogP contribution in [0.25, 0.3) is 11.1 Å². The van der Waals surface area contributed by atoms with E-state index in [0.717, 1.165) is 23.1 Å². The summed E-state index contributed by atoms with van der Waals surface area (Å²) in [5, 5.41) is 13.1. The highest BCUT2D eigenvalue weighted by molar-refractivity contribution is 7.71. The maximum atomic E-state index is 12.5. The first-order valence-electron chi connectivity index (χ1n) is 10.7. The lowest BCUT2D eigenvalue weighted by atomic mass is 9.94. The molecule has 0 unspecified atom stereocenters. The van der Waals surface area contributed by atoms with Gasteiger partial charge in [-0.05, 0) is 52.8 Å². The van der Waals surface area contributed by atoms with Crippen LogP contribution in [0.3, 0.4) is 0 Å². The van der Waals surface area contributed by atoms with Gasteiger partial charge in [0.25, 0.3) is 0 Å². The molecule has 0 heterocycles. The van der Waals surface area contributed by atoms with Crippen molar-refractivity contribution in [1.82, 2.24) is 0 Å². The lowest BCUT2D eigenvalue weighted by Crippen LogP contribution is -2.14. The molecule has 0 radical (unpaired) electrons. The van der Waals surface area contributed by atoms with Crippen LogP contribution in [0.15, 0.2) is 54.6 Å². The molecule has 0 saturated carbocycles. The third-order valence-electron chi connectivity index (χ3n) is 5.17. The van der Waals surface area contributed by atoms with E-state index in [2.05, 4.69) is 25.2 Å². The third kappa shape index (κ3) is 6.83. The summed E-state index contributed by atoms with van der Waals surface area (Å²) in [7, 11) is -2.49. The number of anilines is 1. The molecule has 3 rings (SSSR count). The molecule has 0 aromatic heterocycles. The van der Waals surface area contributed by atoms with Crippen LogP contribution in [0.4, 0.5) is 5.69 Å². The SMILES string of the molecule is CC(C)Cc1ccc(-c2c(Cl)cc(NC(=O)Cc3ccc(C[SH](=O)=O)cc3)cc2Cl)cc1C#N. The number of hydrogen-bond donors (Lipinski definition) is 2. The molecule has 34 heavy (non-hydrogen) atoms. The first-order chi connectivity index (χ1) is 16.2. The van der Waals surface area contributed by atoms with Gasteiger partial charge in [-0.15, -0.1) is 0 Å². The Morgan fingerprint density at radius 3 is 2.18 bits per heavy atom. The van der Waals surface area contributed by atoms with Crippen molar-refractivity contribution in [3.8, 4) is 17.2 Å². The van der Waals surface area contributed by atoms with Crippen molar-refractivity contribution in [3.63, 3.8) is 0 Å². The van der Waals surface area contributed by atoms with Crippen molar-refractivity contribution in [3.05, 3.63) is 86.9 Å². The number of rotatable bonds is 8. The second-order valence-electron chi connectivity index (χ2n) is 8.43. The van der Waals surface area contributed by atoms with Crippen molar-refractivity contribution in [1.29, 1.82) is 5.26 Å². The van der Waals surface area contributed by atoms with Crippen molar-refractivity contribution in [2.45, 2.75) is 32.4 Å². The van der Waals surface area contributed by atoms with Gasteiger partial charge < -0.3 is 5.32 Å². The number of nitrogens with zero attached hydrogens (tertiary/aromatic N) is 1. The summed E-state index contributed by atoms with van der Waals surface area (Å²) in [5.41, 5.74) is 4.78. The van der Waals surface area contributed by atoms with Gasteiger partial charge in [0.15, 0.2) is 0 Å². The number of carbonyl (C=O) groups excluding carboxylic acids is 1. The van der Waals surface area contributed by atoms with Gasteiger partial charge in [-0.3, -0.25) is 4.79 Å². The molecule has 0 aliphatic heterocycles. The summed E-state index contributed by atoms with van der Waals surface area (Å²) < 4.78 is 21.7. The number of nitriles is 1. The van der Waals surface area contributed by atoms with Gasteiger partial charge in [0.2, 0.25) is 5.91 Å². The zero-order valence-electron chi connectivity index (χ0n) is 18.8. The highest BCUT2D eigenvalue weighted by atomic mass is 35.5. The highest BCUT2D eigenvalue weighted by Gasteiger charge is 2.15. The van der Waals surface area contributed by atoms with Crippen LogP contribution in [0, 0.1) is 17.2 Å². The molecule has 3 aromatic carbocycles. The smallest absolute Gasteiger partial charge is 0.228 e. The van der Waals surface area contributed by atoms with Gasteiger partial charge in [-0.25, -0.2) is 8.42 Å². The van der Waals surface area contributed by atoms with Crippen molar-refractivity contribution in [2.75, 3.05) is 5.32 Å². The Morgan fingerprint density at radius 1 is 1.00 bits per heavy atom. The zero-order chi connectivity index (χ0) is 24.8. The number of amides is 1. The first kappa shape index (κ1) is 25.8. The number of nitrogens with one attached hydrogen (secondary N) is 1. The van der Waals surface area contributed by atoms with Crippen molar-refractivity contribution >= 4 is 45.5 Å². The van der Waals surface area contributed by atoms with E-state index >= 15 is 0 Å². The Kier molecular flexibility index (Phi) is 8.73. The van der Waals surface area contributed by atoms with E-state index < -0.39 is 10.7 Å². The highest BCUT2D eigenvalue weighted by Crippen LogP contribution is 2.38. The molecule has 1 N–H and O–H groups in total. The van der Waals surface area contributed by atoms with Crippen LogP contribution < -0.4 is 5.32 Å². The van der Waals surface area contributed by atoms with E-state index in [-0.39, 0.29) is 18.1 Å². The molecular formula is C26H24Cl2N2O3S. The standard InChI is InChI=1S/C26H24Cl2N2O3S/c1-16(2)9-19-7-8-20(11-21(19)14-29)26-23(27)12-22(13-24(26)28)30-25(31)10-17-3-5-18(6-4-17)15-34(32)33/h3-8,11-13,16,34H,9-10,15H2,1-2H3,(H,30,31). The predicted molar refractivity (Wildman–Crippen MR) is 138 cm³/mol. The van der Waals surface area contributed by atoms with Gasteiger partial charge in [0.05, 0.1) is 33.9 Å². The normalized spacial score (nSPS) is 11.0. The van der Waals surface area contributed by atoms with Gasteiger partial charge in [-0.2, -0.15) is 5.26 Å². The first-order valence-corrected chi connectivity index (χ1v) is 12.8. The molecule has 0 fully saturated rings. The Bertz CT molecular complexity index is 1300. The average Bonchev–Trinajstić information content (AvgIpc) is 2.74. The minimum atomic E-state index is -2.49. The molecule has 1 amide bonds. The maximum Gasteiger partial charge on any atom is 0.228 e. The van der Waals surface area contributed by atoms with E-state index in [1.54, 1.807) is 42.5 Å². The van der Waals surface area contributed by atoms with Crippen LogP contribution in [-0.4, -0.2) is 14.3 Å². The largest absolute Gasteiger partial charge is 0.326 e. The zero-order valence-corrected chi connectivity index (χ0v) is 21.2. The molecule has 5 nitrogen and oxygen atoms in total. The Hall–Kier alpha value is -2.85. The second kappa shape index (κ2) is 11.5. The van der Waals surface area contributed by atoms with E-state index in [9.17, 15) is 18.5 Å². The van der Waals surface area contributed by atoms with Crippen molar-refractivity contribution in [2.24, 2.45) is 5.92 Å². The Balaban J connectivity index is 1.76. The van der Waals surface area contributed by atoms with Gasteiger partial charge in [0, 0.05) is 11.3 Å². The summed E-state index contributed by atoms with van der Waals surface area (Å²) in [6.07, 6.45) is 0.917. The van der Waals surface area contributed by atoms with Gasteiger partial charge in [-0.1, -0.05) is 73.4 Å². The van der Waals surface area contributed by atoms with E-state index in [4.69, 9.17) is 23.2 Å². The number of hydrogen-bond acceptors (Lipinski definition) is 4. The summed E-state index contributed by atoms with van der Waals surface area (Å²) in [6.45, 7) is 4.20. The van der Waals surface area contributed by atoms with Gasteiger partial charge >= 0.3 is 0 Å². The Morgan fingerprint density at radius 2 is 1.62 bits per heavy atom. The van der Waals surface area contributed by atoms with Crippen LogP contribution >= 0.6 is 23.2 Å². The van der Waals surface area contributed by atoms with E-state index in [1.807, 2.05) is 12.1 Å².